The molecule has 1 heterocycles. The molecule has 228 valence electrons. The van der Waals surface area contributed by atoms with E-state index in [9.17, 15) is 4.79 Å². The van der Waals surface area contributed by atoms with Crippen LogP contribution in [0.1, 0.15) is 28.7 Å². The van der Waals surface area contributed by atoms with Gasteiger partial charge in [-0.15, -0.1) is 0 Å². The number of hydrogen-bond acceptors (Lipinski definition) is 6. The van der Waals surface area contributed by atoms with Crippen molar-refractivity contribution in [2.24, 2.45) is 0 Å². The molecule has 0 radical (unpaired) electrons. The molecule has 44 heavy (non-hydrogen) atoms. The van der Waals surface area contributed by atoms with Crippen molar-refractivity contribution in [3.05, 3.63) is 156 Å². The maximum absolute atomic E-state index is 11.2. The highest BCUT2D eigenvalue weighted by Crippen LogP contribution is 2.32. The van der Waals surface area contributed by atoms with Gasteiger partial charge in [-0.2, -0.15) is 0 Å². The van der Waals surface area contributed by atoms with E-state index < -0.39 is 30.5 Å². The first-order valence-corrected chi connectivity index (χ1v) is 15.1. The highest BCUT2D eigenvalue weighted by molar-refractivity contribution is 5.64. The number of carbonyl (C=O) groups excluding carboxylic acids is 1. The minimum absolute atomic E-state index is 0.304. The van der Waals surface area contributed by atoms with Crippen LogP contribution in [0.5, 0.6) is 0 Å². The molecule has 1 fully saturated rings. The number of rotatable bonds is 16. The zero-order valence-corrected chi connectivity index (χ0v) is 24.9. The fourth-order valence-corrected chi connectivity index (χ4v) is 5.34. The van der Waals surface area contributed by atoms with Gasteiger partial charge in [-0.25, -0.2) is 0 Å². The summed E-state index contributed by atoms with van der Waals surface area (Å²) in [6.07, 6.45) is 2.31. The normalized spacial score (nSPS) is 21.8. The van der Waals surface area contributed by atoms with Crippen LogP contribution in [-0.2, 0) is 54.9 Å². The second-order valence-electron chi connectivity index (χ2n) is 10.8. The second kappa shape index (κ2) is 17.4. The van der Waals surface area contributed by atoms with Crippen LogP contribution in [0, 0.1) is 0 Å². The van der Waals surface area contributed by atoms with Crippen molar-refractivity contribution in [1.29, 1.82) is 0 Å². The maximum atomic E-state index is 11.2. The van der Waals surface area contributed by atoms with Crippen molar-refractivity contribution in [2.45, 2.75) is 63.4 Å². The quantitative estimate of drug-likeness (QED) is 0.105. The molecule has 6 heteroatoms. The molecule has 0 aromatic heterocycles. The molecular formula is C38H40O6. The first-order chi connectivity index (χ1) is 21.8. The largest absolute Gasteiger partial charge is 0.374 e. The van der Waals surface area contributed by atoms with Crippen molar-refractivity contribution in [1.82, 2.24) is 0 Å². The van der Waals surface area contributed by atoms with Gasteiger partial charge < -0.3 is 23.7 Å². The summed E-state index contributed by atoms with van der Waals surface area (Å²) in [5, 5.41) is 0. The molecule has 0 saturated carbocycles. The molecule has 1 aliphatic heterocycles. The van der Waals surface area contributed by atoms with Gasteiger partial charge >= 0.3 is 0 Å². The van der Waals surface area contributed by atoms with Crippen LogP contribution in [0.2, 0.25) is 0 Å². The van der Waals surface area contributed by atoms with Crippen molar-refractivity contribution in [3.63, 3.8) is 0 Å². The number of allylic oxidation sites excluding steroid dienone is 1. The summed E-state index contributed by atoms with van der Waals surface area (Å²) in [6, 6.07) is 40.3. The predicted molar refractivity (Wildman–Crippen MR) is 170 cm³/mol. The second-order valence-corrected chi connectivity index (χ2v) is 10.8. The molecule has 0 bridgehead atoms. The first kappa shape index (κ1) is 31.5. The van der Waals surface area contributed by atoms with Crippen LogP contribution in [0.25, 0.3) is 0 Å². The van der Waals surface area contributed by atoms with Gasteiger partial charge in [0.2, 0.25) is 0 Å². The lowest BCUT2D eigenvalue weighted by Gasteiger charge is -2.46. The third-order valence-corrected chi connectivity index (χ3v) is 7.56. The van der Waals surface area contributed by atoms with Crippen LogP contribution in [0.4, 0.5) is 0 Å². The molecule has 0 N–H and O–H groups in total. The van der Waals surface area contributed by atoms with E-state index in [1.54, 1.807) is 0 Å². The Hall–Kier alpha value is -3.91. The smallest absolute Gasteiger partial charge is 0.142 e. The summed E-state index contributed by atoms with van der Waals surface area (Å²) in [5.41, 5.74) is 4.23. The monoisotopic (exact) mass is 592 g/mol. The topological polar surface area (TPSA) is 63.2 Å². The Morgan fingerprint density at radius 1 is 0.523 bits per heavy atom. The van der Waals surface area contributed by atoms with Gasteiger partial charge in [-0.05, 0) is 34.8 Å². The summed E-state index contributed by atoms with van der Waals surface area (Å²) in [4.78, 5) is 11.2. The van der Waals surface area contributed by atoms with Gasteiger partial charge in [0, 0.05) is 0 Å². The third-order valence-electron chi connectivity index (χ3n) is 7.56. The summed E-state index contributed by atoms with van der Waals surface area (Å²) < 4.78 is 33.0. The maximum Gasteiger partial charge on any atom is 0.142 e. The van der Waals surface area contributed by atoms with E-state index in [0.29, 0.717) is 39.5 Å². The van der Waals surface area contributed by atoms with Crippen molar-refractivity contribution >= 4 is 6.29 Å². The number of hydrogen-bond donors (Lipinski definition) is 0. The zero-order valence-electron chi connectivity index (χ0n) is 24.9. The number of ether oxygens (including phenoxy) is 5. The van der Waals surface area contributed by atoms with Gasteiger partial charge in [0.1, 0.15) is 30.7 Å². The van der Waals surface area contributed by atoms with Crippen molar-refractivity contribution in [2.75, 3.05) is 6.61 Å². The third kappa shape index (κ3) is 9.55. The first-order valence-electron chi connectivity index (χ1n) is 15.1. The summed E-state index contributed by atoms with van der Waals surface area (Å²) in [6.45, 7) is 1.91. The van der Waals surface area contributed by atoms with Crippen LogP contribution >= 0.6 is 0 Å². The van der Waals surface area contributed by atoms with E-state index in [0.717, 1.165) is 28.5 Å². The fourth-order valence-electron chi connectivity index (χ4n) is 5.34. The molecule has 1 aliphatic rings. The Kier molecular flexibility index (Phi) is 12.5. The fraction of sp³-hybridized carbons (Fsp3) is 0.289. The SMILES string of the molecule is O=C/C=C/C[C@H]1O[C@H](COCc2ccccc2)[C@@H](OCc2ccccc2)[C@H](OCc2ccccc2)[C@H]1OCc1ccccc1. The van der Waals surface area contributed by atoms with Crippen LogP contribution in [0.3, 0.4) is 0 Å². The Morgan fingerprint density at radius 2 is 0.932 bits per heavy atom. The van der Waals surface area contributed by atoms with E-state index >= 15 is 0 Å². The van der Waals surface area contributed by atoms with Gasteiger partial charge in [-0.3, -0.25) is 4.79 Å². The average Bonchev–Trinajstić information content (AvgIpc) is 3.08. The lowest BCUT2D eigenvalue weighted by atomic mass is 9.92. The molecular weight excluding hydrogens is 552 g/mol. The van der Waals surface area contributed by atoms with E-state index in [4.69, 9.17) is 23.7 Å². The minimum Gasteiger partial charge on any atom is -0.374 e. The lowest BCUT2D eigenvalue weighted by Crippen LogP contribution is -2.61. The molecule has 0 aliphatic carbocycles. The lowest BCUT2D eigenvalue weighted by molar-refractivity contribution is -0.271. The number of aldehydes is 1. The van der Waals surface area contributed by atoms with Gasteiger partial charge in [-0.1, -0.05) is 127 Å². The van der Waals surface area contributed by atoms with E-state index in [-0.39, 0.29) is 0 Å². The van der Waals surface area contributed by atoms with E-state index in [1.807, 2.05) is 127 Å². The van der Waals surface area contributed by atoms with Crippen LogP contribution < -0.4 is 0 Å². The van der Waals surface area contributed by atoms with Crippen LogP contribution in [0.15, 0.2) is 133 Å². The minimum atomic E-state index is -0.484. The van der Waals surface area contributed by atoms with E-state index in [2.05, 4.69) is 0 Å². The highest BCUT2D eigenvalue weighted by atomic mass is 16.6. The van der Waals surface area contributed by atoms with Crippen molar-refractivity contribution < 1.29 is 28.5 Å². The molecule has 4 aromatic carbocycles. The Morgan fingerprint density at radius 3 is 1.39 bits per heavy atom. The molecule has 0 unspecified atom stereocenters. The molecule has 0 spiro atoms. The summed E-state index contributed by atoms with van der Waals surface area (Å²) >= 11 is 0. The Labute approximate surface area is 260 Å². The zero-order chi connectivity index (χ0) is 30.2. The standard InChI is InChI=1S/C38H40O6/c39-24-14-13-23-34-36(41-26-31-17-7-2-8-18-31)38(43-28-33-21-11-4-12-22-33)37(42-27-32-19-9-3-10-20-32)35(44-34)29-40-25-30-15-5-1-6-16-30/h1-22,24,34-38H,23,25-29H2/b14-13+/t34-,35-,36+,37-,38-/m1/s1. The number of carbonyl (C=O) groups is 1. The Balaban J connectivity index is 1.43. The van der Waals surface area contributed by atoms with Crippen molar-refractivity contribution in [3.8, 4) is 0 Å². The van der Waals surface area contributed by atoms with Gasteiger partial charge in [0.25, 0.3) is 0 Å². The Bertz CT molecular complexity index is 1380. The average molecular weight is 593 g/mol. The summed E-state index contributed by atoms with van der Waals surface area (Å²) in [7, 11) is 0. The molecule has 5 rings (SSSR count). The summed E-state index contributed by atoms with van der Waals surface area (Å²) in [5.74, 6) is 0. The molecule has 0 amide bonds. The molecule has 6 nitrogen and oxygen atoms in total. The van der Waals surface area contributed by atoms with E-state index in [1.165, 1.54) is 6.08 Å². The molecule has 1 saturated heterocycles. The highest BCUT2D eigenvalue weighted by Gasteiger charge is 2.48. The van der Waals surface area contributed by atoms with Gasteiger partial charge in [0.05, 0.1) is 39.1 Å². The number of benzene rings is 4. The van der Waals surface area contributed by atoms with Gasteiger partial charge in [0.15, 0.2) is 0 Å². The van der Waals surface area contributed by atoms with Crippen LogP contribution in [-0.4, -0.2) is 43.4 Å². The molecule has 4 aromatic rings. The predicted octanol–water partition coefficient (Wildman–Crippen LogP) is 6.87. The molecule has 5 atom stereocenters.